The van der Waals surface area contributed by atoms with E-state index in [0.717, 1.165) is 42.4 Å². The van der Waals surface area contributed by atoms with Crippen molar-refractivity contribution in [1.29, 1.82) is 0 Å². The number of aryl methyl sites for hydroxylation is 1. The van der Waals surface area contributed by atoms with Gasteiger partial charge < -0.3 is 15.0 Å². The predicted octanol–water partition coefficient (Wildman–Crippen LogP) is 5.10. The van der Waals surface area contributed by atoms with E-state index >= 15 is 0 Å². The number of anilines is 1. The van der Waals surface area contributed by atoms with E-state index in [1.807, 2.05) is 32.4 Å². The van der Waals surface area contributed by atoms with Crippen molar-refractivity contribution < 1.29 is 9.53 Å². The summed E-state index contributed by atoms with van der Waals surface area (Å²) in [5.41, 5.74) is 3.89. The van der Waals surface area contributed by atoms with Crippen molar-refractivity contribution in [2.45, 2.75) is 63.4 Å². The van der Waals surface area contributed by atoms with Gasteiger partial charge in [-0.3, -0.25) is 4.79 Å². The van der Waals surface area contributed by atoms with E-state index in [2.05, 4.69) is 46.2 Å². The van der Waals surface area contributed by atoms with Gasteiger partial charge in [0.2, 0.25) is 5.88 Å². The number of nitrogens with one attached hydrogen (secondary N) is 1. The monoisotopic (exact) mass is 533 g/mol. The van der Waals surface area contributed by atoms with Crippen LogP contribution >= 0.6 is 11.8 Å². The molecule has 10 heteroatoms. The Hall–Kier alpha value is -3.53. The first-order valence-corrected chi connectivity index (χ1v) is 14.0. The minimum Gasteiger partial charge on any atom is -0.480 e. The lowest BCUT2D eigenvalue weighted by atomic mass is 10.1. The third-order valence-electron chi connectivity index (χ3n) is 6.83. The molecule has 1 aliphatic carbocycles. The first-order chi connectivity index (χ1) is 18.4. The molecule has 200 valence electrons. The van der Waals surface area contributed by atoms with Crippen LogP contribution in [-0.2, 0) is 11.3 Å². The van der Waals surface area contributed by atoms with Gasteiger partial charge in [-0.1, -0.05) is 19.1 Å². The van der Waals surface area contributed by atoms with Crippen molar-refractivity contribution >= 4 is 35.4 Å². The lowest BCUT2D eigenvalue weighted by Gasteiger charge is -2.27. The number of rotatable bonds is 11. The van der Waals surface area contributed by atoms with Crippen molar-refractivity contribution in [3.8, 4) is 17.3 Å². The Kier molecular flexibility index (Phi) is 8.93. The minimum absolute atomic E-state index is 0.186. The quantitative estimate of drug-likeness (QED) is 0.156. The van der Waals surface area contributed by atoms with Crippen LogP contribution in [-0.4, -0.2) is 58.5 Å². The summed E-state index contributed by atoms with van der Waals surface area (Å²) in [6, 6.07) is 8.39. The van der Waals surface area contributed by atoms with E-state index in [9.17, 15) is 4.79 Å². The summed E-state index contributed by atoms with van der Waals surface area (Å²) in [6.45, 7) is 6.61. The fraction of sp³-hybridized carbons (Fsp3) is 0.429. The van der Waals surface area contributed by atoms with Gasteiger partial charge in [0.15, 0.2) is 23.8 Å². The van der Waals surface area contributed by atoms with Crippen molar-refractivity contribution in [2.75, 3.05) is 25.3 Å². The van der Waals surface area contributed by atoms with Gasteiger partial charge in [-0.25, -0.2) is 24.9 Å². The third-order valence-corrected chi connectivity index (χ3v) is 7.57. The molecule has 0 saturated heterocycles. The smallest absolute Gasteiger partial charge is 0.227 e. The van der Waals surface area contributed by atoms with Crippen LogP contribution < -0.4 is 15.0 Å². The minimum atomic E-state index is 0.186. The molecule has 0 bridgehead atoms. The molecule has 1 aliphatic rings. The molecule has 2 heterocycles. The van der Waals surface area contributed by atoms with Crippen molar-refractivity contribution in [1.82, 2.24) is 25.3 Å². The van der Waals surface area contributed by atoms with Crippen molar-refractivity contribution in [3.05, 3.63) is 47.5 Å². The third kappa shape index (κ3) is 6.12. The Morgan fingerprint density at radius 1 is 1.26 bits per heavy atom. The second-order valence-corrected chi connectivity index (χ2v) is 10.3. The van der Waals surface area contributed by atoms with Crippen LogP contribution in [0, 0.1) is 6.92 Å². The molecule has 3 aromatic rings. The van der Waals surface area contributed by atoms with Gasteiger partial charge in [-0.15, -0.1) is 11.8 Å². The van der Waals surface area contributed by atoms with E-state index in [4.69, 9.17) is 19.7 Å². The highest BCUT2D eigenvalue weighted by molar-refractivity contribution is 7.98. The number of ether oxygens (including phenoxy) is 1. The van der Waals surface area contributed by atoms with Gasteiger partial charge in [0.1, 0.15) is 17.6 Å². The van der Waals surface area contributed by atoms with Crippen LogP contribution in [0.15, 0.2) is 40.5 Å². The van der Waals surface area contributed by atoms with E-state index in [1.54, 1.807) is 18.9 Å². The molecule has 9 nitrogen and oxygen atoms in total. The van der Waals surface area contributed by atoms with Crippen LogP contribution in [0.25, 0.3) is 11.4 Å². The molecule has 0 spiro atoms. The summed E-state index contributed by atoms with van der Waals surface area (Å²) < 4.78 is 5.60. The molecule has 1 aromatic carbocycles. The molecule has 1 N–H and O–H groups in total. The largest absolute Gasteiger partial charge is 0.480 e. The zero-order chi connectivity index (χ0) is 27.2. The van der Waals surface area contributed by atoms with Gasteiger partial charge in [0, 0.05) is 30.4 Å². The summed E-state index contributed by atoms with van der Waals surface area (Å²) in [6.07, 6.45) is 7.36. The number of carbonyl (C=O) groups excluding carboxylic acids is 1. The number of aldehydes is 1. The number of aromatic nitrogens is 4. The van der Waals surface area contributed by atoms with E-state index in [0.29, 0.717) is 41.4 Å². The number of thioether (sulfide) groups is 1. The Labute approximate surface area is 228 Å². The lowest BCUT2D eigenvalue weighted by molar-refractivity contribution is -0.102. The zero-order valence-corrected chi connectivity index (χ0v) is 23.7. The molecule has 1 atom stereocenters. The first-order valence-electron chi connectivity index (χ1n) is 12.8. The fourth-order valence-corrected chi connectivity index (χ4v) is 4.51. The average molecular weight is 534 g/mol. The van der Waals surface area contributed by atoms with E-state index < -0.39 is 0 Å². The summed E-state index contributed by atoms with van der Waals surface area (Å²) in [4.78, 5) is 38.7. The summed E-state index contributed by atoms with van der Waals surface area (Å²) >= 11 is 1.69. The lowest BCUT2D eigenvalue weighted by Crippen LogP contribution is -2.30. The molecule has 0 unspecified atom stereocenters. The van der Waals surface area contributed by atoms with Crippen LogP contribution in [0.2, 0.25) is 0 Å². The van der Waals surface area contributed by atoms with E-state index in [1.165, 1.54) is 11.2 Å². The molecule has 4 rings (SSSR count). The number of carbonyl (C=O) groups is 1. The zero-order valence-electron chi connectivity index (χ0n) is 22.9. The molecule has 38 heavy (non-hydrogen) atoms. The average Bonchev–Trinajstić information content (AvgIpc) is 3.80. The van der Waals surface area contributed by atoms with Gasteiger partial charge in [-0.2, -0.15) is 0 Å². The Morgan fingerprint density at radius 3 is 2.61 bits per heavy atom. The second-order valence-electron chi connectivity index (χ2n) is 9.41. The highest BCUT2D eigenvalue weighted by atomic mass is 32.2. The maximum Gasteiger partial charge on any atom is 0.227 e. The summed E-state index contributed by atoms with van der Waals surface area (Å²) in [7, 11) is 3.58. The van der Waals surface area contributed by atoms with Gasteiger partial charge in [0.05, 0.1) is 18.5 Å². The van der Waals surface area contributed by atoms with Crippen LogP contribution in [0.4, 0.5) is 11.5 Å². The first kappa shape index (κ1) is 27.5. The highest BCUT2D eigenvalue weighted by Crippen LogP contribution is 2.45. The van der Waals surface area contributed by atoms with Crippen LogP contribution in [0.5, 0.6) is 5.88 Å². The number of aliphatic imine (C=N–C) groups is 1. The number of nitrogens with zero attached hydrogens (tertiary/aromatic N) is 6. The molecule has 1 saturated carbocycles. The number of amidine groups is 1. The Bertz CT molecular complexity index is 1310. The van der Waals surface area contributed by atoms with Gasteiger partial charge in [-0.05, 0) is 57.1 Å². The molecular weight excluding hydrogens is 498 g/mol. The van der Waals surface area contributed by atoms with E-state index in [-0.39, 0.29) is 11.9 Å². The van der Waals surface area contributed by atoms with Crippen molar-refractivity contribution in [2.24, 2.45) is 4.99 Å². The van der Waals surface area contributed by atoms with Gasteiger partial charge in [0.25, 0.3) is 0 Å². The summed E-state index contributed by atoms with van der Waals surface area (Å²) in [5.74, 6) is 2.17. The molecule has 0 amide bonds. The number of hydrogen-bond donors (Lipinski definition) is 1. The molecule has 2 aromatic heterocycles. The predicted molar refractivity (Wildman–Crippen MR) is 153 cm³/mol. The summed E-state index contributed by atoms with van der Waals surface area (Å²) in [5, 5.41) is 3.17. The second kappa shape index (κ2) is 12.3. The fourth-order valence-electron chi connectivity index (χ4n) is 4.10. The number of methoxy groups -OCH3 is 1. The van der Waals surface area contributed by atoms with Crippen LogP contribution in [0.3, 0.4) is 0 Å². The Balaban J connectivity index is 1.76. The number of benzene rings is 1. The molecule has 0 aliphatic heterocycles. The standard InChI is InChI=1S/C28H35N7O2S/c1-7-17(2)35(4)27-24(33-22(15-36)29-14-19-8-12-21(38-6)13-9-19)18(3)32-26(34-27)23-25(20-10-11-20)30-16-31-28(23)37-5/h8-9,12-13,15-17,20H,7,10-11,14H2,1-6H3,(H,29,33)/t17-/m0/s1. The van der Waals surface area contributed by atoms with Crippen LogP contribution in [0.1, 0.15) is 56.0 Å². The highest BCUT2D eigenvalue weighted by Gasteiger charge is 2.32. The number of hydrogen-bond acceptors (Lipinski definition) is 9. The Morgan fingerprint density at radius 2 is 2.00 bits per heavy atom. The maximum atomic E-state index is 12.0. The SMILES string of the molecule is CC[C@H](C)N(C)c1nc(-c2c(OC)ncnc2C2CC2)nc(C)c1/N=C(\C=O)NCc1ccc(SC)cc1. The molecule has 0 radical (unpaired) electrons. The molecule has 1 fully saturated rings. The molecular formula is C28H35N7O2S. The topological polar surface area (TPSA) is 105 Å². The van der Waals surface area contributed by atoms with Crippen molar-refractivity contribution in [3.63, 3.8) is 0 Å². The maximum absolute atomic E-state index is 12.0. The van der Waals surface area contributed by atoms with Gasteiger partial charge >= 0.3 is 0 Å². The normalized spacial score (nSPS) is 14.2.